The highest BCUT2D eigenvalue weighted by atomic mass is 16.5. The van der Waals surface area contributed by atoms with E-state index in [1.807, 2.05) is 66.7 Å². The molecule has 0 saturated carbocycles. The van der Waals surface area contributed by atoms with E-state index < -0.39 is 0 Å². The van der Waals surface area contributed by atoms with Crippen molar-refractivity contribution in [1.82, 2.24) is 0 Å². The summed E-state index contributed by atoms with van der Waals surface area (Å²) < 4.78 is 6.34. The molecule has 2 aliphatic heterocycles. The van der Waals surface area contributed by atoms with Gasteiger partial charge in [0.05, 0.1) is 30.2 Å². The van der Waals surface area contributed by atoms with Crippen LogP contribution in [-0.4, -0.2) is 29.6 Å². The molecule has 0 radical (unpaired) electrons. The number of allylic oxidation sites excluding steroid dienone is 2. The third-order valence-corrected chi connectivity index (χ3v) is 8.71. The monoisotopic (exact) mass is 548 g/mol. The number of benzene rings is 3. The lowest BCUT2D eigenvalue weighted by atomic mass is 9.69. The number of aromatic hydroxyl groups is 1. The van der Waals surface area contributed by atoms with Crippen molar-refractivity contribution < 1.29 is 19.4 Å². The quantitative estimate of drug-likeness (QED) is 0.229. The molecule has 1 aliphatic carbocycles. The summed E-state index contributed by atoms with van der Waals surface area (Å²) >= 11 is 0. The van der Waals surface area contributed by atoms with E-state index in [0.717, 1.165) is 36.2 Å². The van der Waals surface area contributed by atoms with Crippen LogP contribution in [-0.2, 0) is 14.3 Å². The molecule has 41 heavy (non-hydrogen) atoms. The Morgan fingerprint density at radius 1 is 0.976 bits per heavy atom. The highest BCUT2D eigenvalue weighted by molar-refractivity contribution is 6.22. The van der Waals surface area contributed by atoms with E-state index in [9.17, 15) is 14.7 Å². The SMILES string of the molecule is CCC1=C2[C@@H](CC/C(C)=C/c3cccc(O)c3)OC[C@@H]2[C@@H]2C(=O)N(c3ccc(Nc4ccccc4)cc3)C(=O)[C@@H]2C1. The van der Waals surface area contributed by atoms with Gasteiger partial charge in [-0.3, -0.25) is 14.5 Å². The number of anilines is 3. The van der Waals surface area contributed by atoms with Crippen molar-refractivity contribution in [3.8, 4) is 5.75 Å². The van der Waals surface area contributed by atoms with Crippen molar-refractivity contribution in [2.24, 2.45) is 17.8 Å². The lowest BCUT2D eigenvalue weighted by molar-refractivity contribution is -0.122. The Bertz CT molecular complexity index is 1510. The number of nitrogens with zero attached hydrogens (tertiary/aromatic N) is 1. The molecule has 0 aromatic heterocycles. The summed E-state index contributed by atoms with van der Waals surface area (Å²) in [6.07, 6.45) is 5.22. The first kappa shape index (κ1) is 27.0. The number of ether oxygens (including phenoxy) is 1. The summed E-state index contributed by atoms with van der Waals surface area (Å²) in [5.41, 5.74) is 7.21. The molecule has 2 N–H and O–H groups in total. The fraction of sp³-hybridized carbons (Fsp3) is 0.314. The zero-order chi connectivity index (χ0) is 28.5. The van der Waals surface area contributed by atoms with Crippen molar-refractivity contribution in [3.05, 3.63) is 101 Å². The van der Waals surface area contributed by atoms with Crippen LogP contribution in [0.5, 0.6) is 5.75 Å². The van der Waals surface area contributed by atoms with Gasteiger partial charge in [0.1, 0.15) is 5.75 Å². The molecule has 3 aromatic carbocycles. The lowest BCUT2D eigenvalue weighted by Crippen LogP contribution is -2.34. The molecule has 0 spiro atoms. The molecule has 2 fully saturated rings. The summed E-state index contributed by atoms with van der Waals surface area (Å²) in [4.78, 5) is 28.9. The van der Waals surface area contributed by atoms with E-state index in [1.54, 1.807) is 12.1 Å². The number of rotatable bonds is 8. The minimum absolute atomic E-state index is 0.0382. The number of carbonyl (C=O) groups is 2. The van der Waals surface area contributed by atoms with Crippen molar-refractivity contribution in [3.63, 3.8) is 0 Å². The van der Waals surface area contributed by atoms with Crippen LogP contribution in [0.25, 0.3) is 6.08 Å². The second-order valence-corrected chi connectivity index (χ2v) is 11.4. The van der Waals surface area contributed by atoms with E-state index in [2.05, 4.69) is 25.2 Å². The van der Waals surface area contributed by atoms with Crippen molar-refractivity contribution in [2.75, 3.05) is 16.8 Å². The largest absolute Gasteiger partial charge is 0.508 e. The van der Waals surface area contributed by atoms with E-state index in [1.165, 1.54) is 21.6 Å². The minimum atomic E-state index is -0.371. The van der Waals surface area contributed by atoms with Crippen LogP contribution in [0.1, 0.15) is 45.1 Å². The van der Waals surface area contributed by atoms with E-state index >= 15 is 0 Å². The van der Waals surface area contributed by atoms with Crippen LogP contribution in [0.3, 0.4) is 0 Å². The first-order chi connectivity index (χ1) is 19.9. The molecule has 3 aromatic rings. The molecule has 210 valence electrons. The van der Waals surface area contributed by atoms with Gasteiger partial charge in [-0.05, 0) is 92.3 Å². The zero-order valence-corrected chi connectivity index (χ0v) is 23.5. The summed E-state index contributed by atoms with van der Waals surface area (Å²) in [6.45, 7) is 4.71. The molecular formula is C35H36N2O4. The molecule has 6 heteroatoms. The Labute approximate surface area is 241 Å². The molecule has 2 saturated heterocycles. The smallest absolute Gasteiger partial charge is 0.238 e. The van der Waals surface area contributed by atoms with Crippen LogP contribution < -0.4 is 10.2 Å². The van der Waals surface area contributed by atoms with Crippen LogP contribution in [0, 0.1) is 17.8 Å². The predicted molar refractivity (Wildman–Crippen MR) is 162 cm³/mol. The van der Waals surface area contributed by atoms with Gasteiger partial charge < -0.3 is 15.2 Å². The molecule has 2 heterocycles. The number of nitrogens with one attached hydrogen (secondary N) is 1. The number of hydrogen-bond donors (Lipinski definition) is 2. The Kier molecular flexibility index (Phi) is 7.50. The Balaban J connectivity index is 1.17. The van der Waals surface area contributed by atoms with E-state index in [4.69, 9.17) is 4.74 Å². The molecular weight excluding hydrogens is 512 g/mol. The third kappa shape index (κ3) is 5.32. The highest BCUT2D eigenvalue weighted by Crippen LogP contribution is 2.51. The second-order valence-electron chi connectivity index (χ2n) is 11.4. The van der Waals surface area contributed by atoms with Crippen LogP contribution in [0.4, 0.5) is 17.1 Å². The average Bonchev–Trinajstić information content (AvgIpc) is 3.51. The molecule has 0 unspecified atom stereocenters. The van der Waals surface area contributed by atoms with Gasteiger partial charge in [0.25, 0.3) is 0 Å². The zero-order valence-electron chi connectivity index (χ0n) is 23.5. The topological polar surface area (TPSA) is 78.9 Å². The van der Waals surface area contributed by atoms with Gasteiger partial charge in [-0.1, -0.05) is 54.5 Å². The number of phenolic OH excluding ortho intramolecular Hbond substituents is 1. The normalized spacial score (nSPS) is 24.0. The van der Waals surface area contributed by atoms with Gasteiger partial charge in [0, 0.05) is 17.3 Å². The number of amides is 2. The number of para-hydroxylation sites is 1. The summed E-state index contributed by atoms with van der Waals surface area (Å²) in [6, 6.07) is 24.7. The summed E-state index contributed by atoms with van der Waals surface area (Å²) in [7, 11) is 0. The fourth-order valence-electron chi connectivity index (χ4n) is 6.78. The van der Waals surface area contributed by atoms with Gasteiger partial charge in [0.15, 0.2) is 0 Å². The highest BCUT2D eigenvalue weighted by Gasteiger charge is 2.57. The lowest BCUT2D eigenvalue weighted by Gasteiger charge is -2.31. The van der Waals surface area contributed by atoms with Crippen molar-refractivity contribution in [2.45, 2.75) is 45.6 Å². The third-order valence-electron chi connectivity index (χ3n) is 8.71. The first-order valence-corrected chi connectivity index (χ1v) is 14.5. The van der Waals surface area contributed by atoms with Gasteiger partial charge in [-0.25, -0.2) is 0 Å². The predicted octanol–water partition coefficient (Wildman–Crippen LogP) is 7.25. The summed E-state index contributed by atoms with van der Waals surface area (Å²) in [5, 5.41) is 13.1. The van der Waals surface area contributed by atoms with Crippen molar-refractivity contribution in [1.29, 1.82) is 0 Å². The van der Waals surface area contributed by atoms with Gasteiger partial charge in [-0.2, -0.15) is 0 Å². The molecule has 6 nitrogen and oxygen atoms in total. The number of fused-ring (bicyclic) bond motifs is 3. The molecule has 2 amide bonds. The Morgan fingerprint density at radius 2 is 1.73 bits per heavy atom. The maximum atomic E-state index is 13.8. The molecule has 4 atom stereocenters. The summed E-state index contributed by atoms with van der Waals surface area (Å²) in [5.74, 6) is -0.697. The number of imide groups is 1. The van der Waals surface area contributed by atoms with Gasteiger partial charge >= 0.3 is 0 Å². The minimum Gasteiger partial charge on any atom is -0.508 e. The van der Waals surface area contributed by atoms with Crippen molar-refractivity contribution >= 4 is 35.0 Å². The van der Waals surface area contributed by atoms with Gasteiger partial charge in [0.2, 0.25) is 11.8 Å². The molecule has 6 rings (SSSR count). The molecule has 0 bridgehead atoms. The Morgan fingerprint density at radius 3 is 2.46 bits per heavy atom. The average molecular weight is 549 g/mol. The maximum Gasteiger partial charge on any atom is 0.238 e. The van der Waals surface area contributed by atoms with Crippen LogP contribution >= 0.6 is 0 Å². The standard InChI is InChI=1S/C35H36N2O4/c1-3-24-20-29-33(30-21-41-31(32(24)30)17-12-22(2)18-23-8-7-11-28(38)19-23)35(40)37(34(29)39)27-15-13-26(14-16-27)36-25-9-5-4-6-10-25/h4-11,13-16,18-19,29-31,33,36,38H,3,12,17,20-21H2,1-2H3/b22-18+/t29-,30+,31-,33-/m1/s1. The number of carbonyl (C=O) groups excluding carboxylic acids is 2. The number of hydrogen-bond acceptors (Lipinski definition) is 5. The number of phenols is 1. The van der Waals surface area contributed by atoms with E-state index in [-0.39, 0.29) is 41.4 Å². The second kappa shape index (κ2) is 11.4. The van der Waals surface area contributed by atoms with Gasteiger partial charge in [-0.15, -0.1) is 0 Å². The first-order valence-electron chi connectivity index (χ1n) is 14.5. The van der Waals surface area contributed by atoms with Crippen LogP contribution in [0.15, 0.2) is 95.6 Å². The van der Waals surface area contributed by atoms with Crippen LogP contribution in [0.2, 0.25) is 0 Å². The molecule has 3 aliphatic rings. The van der Waals surface area contributed by atoms with E-state index in [0.29, 0.717) is 18.7 Å². The Hall–Kier alpha value is -4.16. The maximum absolute atomic E-state index is 13.8. The fourth-order valence-corrected chi connectivity index (χ4v) is 6.78.